The summed E-state index contributed by atoms with van der Waals surface area (Å²) in [6.07, 6.45) is 7.71. The molecular weight excluding hydrogens is 220 g/mol. The van der Waals surface area contributed by atoms with Gasteiger partial charge in [-0.2, -0.15) is 0 Å². The quantitative estimate of drug-likeness (QED) is 0.569. The van der Waals surface area contributed by atoms with Gasteiger partial charge in [0.15, 0.2) is 0 Å². The van der Waals surface area contributed by atoms with Crippen LogP contribution in [0.2, 0.25) is 0 Å². The molecule has 0 aliphatic rings. The molecule has 2 N–H and O–H groups in total. The van der Waals surface area contributed by atoms with E-state index in [-0.39, 0.29) is 0 Å². The van der Waals surface area contributed by atoms with Gasteiger partial charge >= 0.3 is 0 Å². The highest BCUT2D eigenvalue weighted by molar-refractivity contribution is 4.63. The Bertz CT molecular complexity index is 123. The van der Waals surface area contributed by atoms with Gasteiger partial charge in [0.05, 0.1) is 0 Å². The standard InChI is InChI=1S/2C8H19N/c1-5-7(3)9-8(4)6-2;1-3-5-7-9-8-6-4-2/h7-9H,5-6H2,1-4H3;9H,3-8H2,1-2H3. The van der Waals surface area contributed by atoms with Crippen LogP contribution in [0, 0.1) is 0 Å². The van der Waals surface area contributed by atoms with Gasteiger partial charge in [-0.15, -0.1) is 0 Å². The molecule has 2 nitrogen and oxygen atoms in total. The third-order valence-corrected chi connectivity index (χ3v) is 3.21. The Balaban J connectivity index is 0. The summed E-state index contributed by atoms with van der Waals surface area (Å²) in [6, 6.07) is 1.36. The SMILES string of the molecule is CCC(C)NC(C)CC.CCCCNCCCC. The minimum absolute atomic E-state index is 0.681. The minimum atomic E-state index is 0.681. The van der Waals surface area contributed by atoms with Crippen molar-refractivity contribution in [2.24, 2.45) is 0 Å². The van der Waals surface area contributed by atoms with Gasteiger partial charge in [0, 0.05) is 12.1 Å². The summed E-state index contributed by atoms with van der Waals surface area (Å²) >= 11 is 0. The van der Waals surface area contributed by atoms with Gasteiger partial charge in [0.1, 0.15) is 0 Å². The molecule has 0 amide bonds. The van der Waals surface area contributed by atoms with E-state index in [1.807, 2.05) is 0 Å². The van der Waals surface area contributed by atoms with Gasteiger partial charge in [0.25, 0.3) is 0 Å². The van der Waals surface area contributed by atoms with Crippen LogP contribution in [0.1, 0.15) is 80.1 Å². The van der Waals surface area contributed by atoms with Crippen LogP contribution in [0.15, 0.2) is 0 Å². The summed E-state index contributed by atoms with van der Waals surface area (Å²) < 4.78 is 0. The summed E-state index contributed by atoms with van der Waals surface area (Å²) in [5.41, 5.74) is 0. The Morgan fingerprint density at radius 3 is 1.39 bits per heavy atom. The van der Waals surface area contributed by atoms with Gasteiger partial charge < -0.3 is 10.6 Å². The van der Waals surface area contributed by atoms with E-state index in [2.05, 4.69) is 52.2 Å². The van der Waals surface area contributed by atoms with Crippen LogP contribution in [0.5, 0.6) is 0 Å². The second-order valence-electron chi connectivity index (χ2n) is 5.24. The Hall–Kier alpha value is -0.0800. The van der Waals surface area contributed by atoms with E-state index < -0.39 is 0 Å². The minimum Gasteiger partial charge on any atom is -0.317 e. The molecular formula is C16H38N2. The van der Waals surface area contributed by atoms with Crippen LogP contribution in [-0.2, 0) is 0 Å². The Kier molecular flexibility index (Phi) is 19.0. The molecule has 0 aromatic heterocycles. The topological polar surface area (TPSA) is 24.1 Å². The van der Waals surface area contributed by atoms with E-state index >= 15 is 0 Å². The largest absolute Gasteiger partial charge is 0.317 e. The first-order valence-electron chi connectivity index (χ1n) is 8.08. The van der Waals surface area contributed by atoms with Gasteiger partial charge in [-0.1, -0.05) is 40.5 Å². The Morgan fingerprint density at radius 1 is 0.722 bits per heavy atom. The molecule has 0 radical (unpaired) electrons. The number of rotatable bonds is 10. The van der Waals surface area contributed by atoms with Crippen LogP contribution < -0.4 is 10.6 Å². The van der Waals surface area contributed by atoms with Gasteiger partial charge in [-0.25, -0.2) is 0 Å². The molecule has 0 bridgehead atoms. The zero-order chi connectivity index (χ0) is 14.2. The molecule has 0 spiro atoms. The third-order valence-electron chi connectivity index (χ3n) is 3.21. The number of nitrogens with one attached hydrogen (secondary N) is 2. The molecule has 0 rings (SSSR count). The highest BCUT2D eigenvalue weighted by atomic mass is 14.9. The average molecular weight is 258 g/mol. The molecule has 0 aromatic carbocycles. The predicted octanol–water partition coefficient (Wildman–Crippen LogP) is 4.35. The van der Waals surface area contributed by atoms with Crippen molar-refractivity contribution >= 4 is 0 Å². The molecule has 0 heterocycles. The fraction of sp³-hybridized carbons (Fsp3) is 1.00. The first kappa shape index (κ1) is 20.2. The predicted molar refractivity (Wildman–Crippen MR) is 85.3 cm³/mol. The molecule has 0 fully saturated rings. The molecule has 2 atom stereocenters. The maximum Gasteiger partial charge on any atom is 0.00385 e. The zero-order valence-corrected chi connectivity index (χ0v) is 13.8. The maximum absolute atomic E-state index is 3.48. The second-order valence-corrected chi connectivity index (χ2v) is 5.24. The summed E-state index contributed by atoms with van der Waals surface area (Å²) in [5.74, 6) is 0. The highest BCUT2D eigenvalue weighted by Gasteiger charge is 2.00. The van der Waals surface area contributed by atoms with Crippen molar-refractivity contribution in [2.75, 3.05) is 13.1 Å². The third kappa shape index (κ3) is 18.3. The molecule has 0 saturated carbocycles. The summed E-state index contributed by atoms with van der Waals surface area (Å²) in [5, 5.41) is 6.87. The van der Waals surface area contributed by atoms with Crippen molar-refractivity contribution in [3.8, 4) is 0 Å². The molecule has 2 unspecified atom stereocenters. The van der Waals surface area contributed by atoms with Gasteiger partial charge in [-0.3, -0.25) is 0 Å². The van der Waals surface area contributed by atoms with Gasteiger partial charge in [0.2, 0.25) is 0 Å². The fourth-order valence-electron chi connectivity index (χ4n) is 1.45. The van der Waals surface area contributed by atoms with Crippen molar-refractivity contribution in [1.29, 1.82) is 0 Å². The van der Waals surface area contributed by atoms with E-state index in [4.69, 9.17) is 0 Å². The average Bonchev–Trinajstić information content (AvgIpc) is 2.39. The molecule has 112 valence electrons. The lowest BCUT2D eigenvalue weighted by atomic mass is 10.2. The summed E-state index contributed by atoms with van der Waals surface area (Å²) in [4.78, 5) is 0. The first-order valence-corrected chi connectivity index (χ1v) is 8.08. The van der Waals surface area contributed by atoms with E-state index in [0.717, 1.165) is 0 Å². The summed E-state index contributed by atoms with van der Waals surface area (Å²) in [6.45, 7) is 15.7. The molecule has 0 aliphatic heterocycles. The molecule has 18 heavy (non-hydrogen) atoms. The Morgan fingerprint density at radius 2 is 1.11 bits per heavy atom. The van der Waals surface area contributed by atoms with Crippen LogP contribution in [0.4, 0.5) is 0 Å². The second kappa shape index (κ2) is 16.9. The molecule has 0 saturated heterocycles. The Labute approximate surface area is 116 Å². The van der Waals surface area contributed by atoms with Crippen molar-refractivity contribution in [3.05, 3.63) is 0 Å². The lowest BCUT2D eigenvalue weighted by Gasteiger charge is -2.16. The van der Waals surface area contributed by atoms with Gasteiger partial charge in [-0.05, 0) is 52.6 Å². The maximum atomic E-state index is 3.48. The van der Waals surface area contributed by atoms with Crippen molar-refractivity contribution in [3.63, 3.8) is 0 Å². The van der Waals surface area contributed by atoms with E-state index in [9.17, 15) is 0 Å². The first-order chi connectivity index (χ1) is 8.62. The molecule has 2 heteroatoms. The summed E-state index contributed by atoms with van der Waals surface area (Å²) in [7, 11) is 0. The number of unbranched alkanes of at least 4 members (excludes halogenated alkanes) is 2. The van der Waals surface area contributed by atoms with E-state index in [1.165, 1.54) is 51.6 Å². The number of hydrogen-bond donors (Lipinski definition) is 2. The fourth-order valence-corrected chi connectivity index (χ4v) is 1.45. The van der Waals surface area contributed by atoms with Crippen LogP contribution in [0.25, 0.3) is 0 Å². The normalized spacial score (nSPS) is 13.7. The number of hydrogen-bond acceptors (Lipinski definition) is 2. The highest BCUT2D eigenvalue weighted by Crippen LogP contribution is 1.94. The smallest absolute Gasteiger partial charge is 0.00385 e. The zero-order valence-electron chi connectivity index (χ0n) is 13.8. The van der Waals surface area contributed by atoms with Crippen molar-refractivity contribution in [2.45, 2.75) is 92.2 Å². The van der Waals surface area contributed by atoms with Crippen LogP contribution in [-0.4, -0.2) is 25.2 Å². The van der Waals surface area contributed by atoms with Crippen LogP contribution in [0.3, 0.4) is 0 Å². The lowest BCUT2D eigenvalue weighted by Crippen LogP contribution is -2.33. The molecule has 0 aromatic rings. The van der Waals surface area contributed by atoms with Crippen molar-refractivity contribution in [1.82, 2.24) is 10.6 Å². The monoisotopic (exact) mass is 258 g/mol. The van der Waals surface area contributed by atoms with Crippen LogP contribution >= 0.6 is 0 Å². The lowest BCUT2D eigenvalue weighted by molar-refractivity contribution is 0.449. The van der Waals surface area contributed by atoms with E-state index in [0.29, 0.717) is 12.1 Å². The van der Waals surface area contributed by atoms with Crippen molar-refractivity contribution < 1.29 is 0 Å². The van der Waals surface area contributed by atoms with E-state index in [1.54, 1.807) is 0 Å². The molecule has 0 aliphatic carbocycles.